The fourth-order valence-electron chi connectivity index (χ4n) is 2.30. The zero-order chi connectivity index (χ0) is 11.7. The van der Waals surface area contributed by atoms with Crippen LogP contribution >= 0.6 is 0 Å². The van der Waals surface area contributed by atoms with Gasteiger partial charge in [-0.25, -0.2) is 0 Å². The number of piperidine rings is 1. The van der Waals surface area contributed by atoms with Crippen LogP contribution in [0.4, 0.5) is 0 Å². The first-order chi connectivity index (χ1) is 7.59. The molecule has 0 aromatic carbocycles. The molecule has 0 aromatic rings. The molecule has 0 radical (unpaired) electrons. The maximum Gasteiger partial charge on any atom is 0.225 e. The summed E-state index contributed by atoms with van der Waals surface area (Å²) >= 11 is 0. The second-order valence-electron chi connectivity index (χ2n) is 5.11. The molecule has 16 heavy (non-hydrogen) atoms. The van der Waals surface area contributed by atoms with Crippen molar-refractivity contribution < 1.29 is 9.59 Å². The molecule has 0 bridgehead atoms. The Morgan fingerprint density at radius 1 is 1.00 bits per heavy atom. The molecule has 1 aliphatic carbocycles. The van der Waals surface area contributed by atoms with Crippen molar-refractivity contribution in [2.24, 2.45) is 11.8 Å². The molecular weight excluding hydrogens is 204 g/mol. The van der Waals surface area contributed by atoms with Crippen LogP contribution in [0.1, 0.15) is 25.7 Å². The Morgan fingerprint density at radius 3 is 2.00 bits per heavy atom. The third-order valence-corrected chi connectivity index (χ3v) is 3.52. The van der Waals surface area contributed by atoms with Crippen LogP contribution in [-0.4, -0.2) is 48.8 Å². The summed E-state index contributed by atoms with van der Waals surface area (Å²) in [4.78, 5) is 27.1. The molecule has 2 amide bonds. The van der Waals surface area contributed by atoms with Gasteiger partial charge < -0.3 is 9.80 Å². The van der Waals surface area contributed by atoms with Gasteiger partial charge in [-0.15, -0.1) is 0 Å². The first kappa shape index (κ1) is 11.4. The molecular formula is C12H20N2O2. The first-order valence-corrected chi connectivity index (χ1v) is 6.09. The Balaban J connectivity index is 1.82. The van der Waals surface area contributed by atoms with Gasteiger partial charge in [-0.1, -0.05) is 0 Å². The van der Waals surface area contributed by atoms with Crippen molar-refractivity contribution in [1.82, 2.24) is 9.80 Å². The molecule has 0 aromatic heterocycles. The van der Waals surface area contributed by atoms with Gasteiger partial charge in [0.15, 0.2) is 0 Å². The molecule has 0 N–H and O–H groups in total. The Kier molecular flexibility index (Phi) is 3.17. The van der Waals surface area contributed by atoms with Gasteiger partial charge in [-0.2, -0.15) is 0 Å². The quantitative estimate of drug-likeness (QED) is 0.693. The topological polar surface area (TPSA) is 40.6 Å². The lowest BCUT2D eigenvalue weighted by Crippen LogP contribution is -2.43. The molecule has 1 saturated carbocycles. The fourth-order valence-corrected chi connectivity index (χ4v) is 2.30. The molecule has 0 spiro atoms. The lowest BCUT2D eigenvalue weighted by atomic mass is 9.95. The minimum Gasteiger partial charge on any atom is -0.349 e. The lowest BCUT2D eigenvalue weighted by Gasteiger charge is -2.32. The summed E-state index contributed by atoms with van der Waals surface area (Å²) in [6.07, 6.45) is 3.79. The van der Waals surface area contributed by atoms with Crippen molar-refractivity contribution in [3.8, 4) is 0 Å². The van der Waals surface area contributed by atoms with Crippen molar-refractivity contribution in [3.63, 3.8) is 0 Å². The SMILES string of the molecule is CN(C)C(=O)C1CCN(C(=O)C2CC2)CC1. The standard InChI is InChI=1S/C12H20N2O2/c1-13(2)11(15)10-5-7-14(8-6-10)12(16)9-3-4-9/h9-10H,3-8H2,1-2H3. The molecule has 4 heteroatoms. The van der Waals surface area contributed by atoms with Crippen LogP contribution in [-0.2, 0) is 9.59 Å². The number of hydrogen-bond acceptors (Lipinski definition) is 2. The minimum atomic E-state index is 0.123. The summed E-state index contributed by atoms with van der Waals surface area (Å²) < 4.78 is 0. The van der Waals surface area contributed by atoms with Crippen LogP contribution in [0, 0.1) is 11.8 Å². The number of carbonyl (C=O) groups is 2. The predicted molar refractivity (Wildman–Crippen MR) is 60.7 cm³/mol. The fraction of sp³-hybridized carbons (Fsp3) is 0.833. The van der Waals surface area contributed by atoms with E-state index in [9.17, 15) is 9.59 Å². The van der Waals surface area contributed by atoms with Gasteiger partial charge in [-0.3, -0.25) is 9.59 Å². The van der Waals surface area contributed by atoms with E-state index in [0.29, 0.717) is 11.8 Å². The Morgan fingerprint density at radius 2 is 1.56 bits per heavy atom. The van der Waals surface area contributed by atoms with E-state index >= 15 is 0 Å². The molecule has 2 fully saturated rings. The van der Waals surface area contributed by atoms with E-state index in [1.54, 1.807) is 19.0 Å². The maximum absolute atomic E-state index is 11.8. The third-order valence-electron chi connectivity index (χ3n) is 3.52. The molecule has 4 nitrogen and oxygen atoms in total. The van der Waals surface area contributed by atoms with E-state index in [2.05, 4.69) is 0 Å². The van der Waals surface area contributed by atoms with Gasteiger partial charge in [0.1, 0.15) is 0 Å². The highest BCUT2D eigenvalue weighted by Crippen LogP contribution is 2.32. The highest BCUT2D eigenvalue weighted by atomic mass is 16.2. The van der Waals surface area contributed by atoms with Crippen molar-refractivity contribution in [1.29, 1.82) is 0 Å². The number of likely N-dealkylation sites (tertiary alicyclic amines) is 1. The van der Waals surface area contributed by atoms with E-state index in [1.165, 1.54) is 0 Å². The first-order valence-electron chi connectivity index (χ1n) is 6.09. The van der Waals surface area contributed by atoms with Crippen molar-refractivity contribution in [2.75, 3.05) is 27.2 Å². The average molecular weight is 224 g/mol. The van der Waals surface area contributed by atoms with Gasteiger partial charge in [-0.05, 0) is 25.7 Å². The largest absolute Gasteiger partial charge is 0.349 e. The van der Waals surface area contributed by atoms with Crippen molar-refractivity contribution in [3.05, 3.63) is 0 Å². The summed E-state index contributed by atoms with van der Waals surface area (Å²) in [5.74, 6) is 0.952. The monoisotopic (exact) mass is 224 g/mol. The molecule has 0 atom stereocenters. The second-order valence-corrected chi connectivity index (χ2v) is 5.11. The van der Waals surface area contributed by atoms with Crippen LogP contribution in [0.2, 0.25) is 0 Å². The maximum atomic E-state index is 11.8. The molecule has 2 aliphatic rings. The Hall–Kier alpha value is -1.06. The summed E-state index contributed by atoms with van der Waals surface area (Å²) in [5.41, 5.74) is 0. The zero-order valence-corrected chi connectivity index (χ0v) is 10.1. The molecule has 90 valence electrons. The van der Waals surface area contributed by atoms with Gasteiger partial charge in [0.2, 0.25) is 11.8 Å². The van der Waals surface area contributed by atoms with Crippen molar-refractivity contribution >= 4 is 11.8 Å². The van der Waals surface area contributed by atoms with Gasteiger partial charge >= 0.3 is 0 Å². The highest BCUT2D eigenvalue weighted by molar-refractivity contribution is 5.82. The lowest BCUT2D eigenvalue weighted by molar-refractivity contribution is -0.139. The van der Waals surface area contributed by atoms with Crippen molar-refractivity contribution in [2.45, 2.75) is 25.7 Å². The summed E-state index contributed by atoms with van der Waals surface area (Å²) in [6, 6.07) is 0. The summed E-state index contributed by atoms with van der Waals surface area (Å²) in [6.45, 7) is 1.53. The van der Waals surface area contributed by atoms with E-state index in [4.69, 9.17) is 0 Å². The highest BCUT2D eigenvalue weighted by Gasteiger charge is 2.36. The van der Waals surface area contributed by atoms with Gasteiger partial charge in [0.05, 0.1) is 0 Å². The number of nitrogens with zero attached hydrogens (tertiary/aromatic N) is 2. The summed E-state index contributed by atoms with van der Waals surface area (Å²) in [7, 11) is 3.59. The van der Waals surface area contributed by atoms with Crippen LogP contribution in [0.5, 0.6) is 0 Å². The molecule has 0 unspecified atom stereocenters. The van der Waals surface area contributed by atoms with Crippen LogP contribution in [0.25, 0.3) is 0 Å². The molecule has 2 rings (SSSR count). The minimum absolute atomic E-state index is 0.123. The number of carbonyl (C=O) groups excluding carboxylic acids is 2. The third kappa shape index (κ3) is 2.36. The summed E-state index contributed by atoms with van der Waals surface area (Å²) in [5, 5.41) is 0. The van der Waals surface area contributed by atoms with Gasteiger partial charge in [0, 0.05) is 39.0 Å². The Labute approximate surface area is 96.6 Å². The smallest absolute Gasteiger partial charge is 0.225 e. The normalized spacial score (nSPS) is 22.0. The molecule has 1 saturated heterocycles. The second kappa shape index (κ2) is 4.44. The molecule has 1 heterocycles. The van der Waals surface area contributed by atoms with E-state index in [0.717, 1.165) is 38.8 Å². The predicted octanol–water partition coefficient (Wildman–Crippen LogP) is 0.723. The van der Waals surface area contributed by atoms with Gasteiger partial charge in [0.25, 0.3) is 0 Å². The number of amides is 2. The van der Waals surface area contributed by atoms with E-state index in [-0.39, 0.29) is 11.8 Å². The van der Waals surface area contributed by atoms with E-state index in [1.807, 2.05) is 4.90 Å². The van der Waals surface area contributed by atoms with E-state index < -0.39 is 0 Å². The molecule has 1 aliphatic heterocycles. The zero-order valence-electron chi connectivity index (χ0n) is 10.1. The number of rotatable bonds is 2. The van der Waals surface area contributed by atoms with Crippen LogP contribution in [0.3, 0.4) is 0 Å². The average Bonchev–Trinajstić information content (AvgIpc) is 3.11. The van der Waals surface area contributed by atoms with Crippen LogP contribution in [0.15, 0.2) is 0 Å². The van der Waals surface area contributed by atoms with Crippen LogP contribution < -0.4 is 0 Å². The Bertz CT molecular complexity index is 267. The number of hydrogen-bond donors (Lipinski definition) is 0.